The Bertz CT molecular complexity index is 331. The third kappa shape index (κ3) is 1.58. The topological polar surface area (TPSA) is 38.7 Å². The van der Waals surface area contributed by atoms with E-state index in [-0.39, 0.29) is 12.0 Å². The highest BCUT2D eigenvalue weighted by molar-refractivity contribution is 9.09. The highest BCUT2D eigenvalue weighted by Crippen LogP contribution is 2.22. The molecule has 2 rings (SSSR count). The molecule has 0 saturated heterocycles. The van der Waals surface area contributed by atoms with E-state index >= 15 is 0 Å². The largest absolute Gasteiger partial charge is 0.424 e. The van der Waals surface area contributed by atoms with Gasteiger partial charge in [0.15, 0.2) is 0 Å². The Hall–Kier alpha value is -0.900. The van der Waals surface area contributed by atoms with Crippen LogP contribution >= 0.6 is 15.9 Å². The molecule has 0 bridgehead atoms. The smallest absolute Gasteiger partial charge is 0.358 e. The minimum Gasteiger partial charge on any atom is -0.424 e. The Labute approximate surface area is 84.3 Å². The van der Waals surface area contributed by atoms with E-state index in [1.165, 1.54) is 0 Å². The second kappa shape index (κ2) is 3.46. The molecule has 1 aliphatic heterocycles. The second-order valence-electron chi connectivity index (χ2n) is 2.85. The van der Waals surface area contributed by atoms with E-state index in [0.29, 0.717) is 16.8 Å². The lowest BCUT2D eigenvalue weighted by atomic mass is 10.1. The van der Waals surface area contributed by atoms with E-state index in [9.17, 15) is 4.79 Å². The number of carbonyl (C=O) groups excluding carboxylic acids is 1. The molecule has 0 saturated carbocycles. The zero-order valence-corrected chi connectivity index (χ0v) is 8.45. The summed E-state index contributed by atoms with van der Waals surface area (Å²) >= 11 is 3.20. The Morgan fingerprint density at radius 2 is 2.54 bits per heavy atom. The quantitative estimate of drug-likeness (QED) is 0.517. The number of hydrogen-bond donors (Lipinski definition) is 0. The summed E-state index contributed by atoms with van der Waals surface area (Å²) in [6, 6.07) is 0.00949. The molecule has 0 aromatic rings. The average molecular weight is 242 g/mol. The zero-order chi connectivity index (χ0) is 9.26. The lowest BCUT2D eigenvalue weighted by Crippen LogP contribution is -2.30. The number of esters is 1. The first-order valence-electron chi connectivity index (χ1n) is 4.03. The first kappa shape index (κ1) is 8.69. The first-order chi connectivity index (χ1) is 6.31. The monoisotopic (exact) mass is 241 g/mol. The first-order valence-corrected chi connectivity index (χ1v) is 5.15. The number of fused-ring (bicyclic) bond motifs is 1. The molecule has 1 unspecified atom stereocenters. The molecule has 1 aliphatic carbocycles. The molecule has 0 aromatic carbocycles. The van der Waals surface area contributed by atoms with Crippen molar-refractivity contribution in [3.8, 4) is 0 Å². The van der Waals surface area contributed by atoms with Crippen molar-refractivity contribution in [3.05, 3.63) is 24.0 Å². The van der Waals surface area contributed by atoms with Crippen LogP contribution in [0.2, 0.25) is 0 Å². The highest BCUT2D eigenvalue weighted by Gasteiger charge is 2.27. The molecule has 4 heteroatoms. The van der Waals surface area contributed by atoms with Crippen LogP contribution in [-0.4, -0.2) is 23.1 Å². The van der Waals surface area contributed by atoms with Crippen molar-refractivity contribution >= 4 is 27.6 Å². The van der Waals surface area contributed by atoms with Gasteiger partial charge in [0.1, 0.15) is 17.5 Å². The van der Waals surface area contributed by atoms with Crippen molar-refractivity contribution in [1.29, 1.82) is 0 Å². The van der Waals surface area contributed by atoms with Gasteiger partial charge in [-0.25, -0.2) is 4.79 Å². The van der Waals surface area contributed by atoms with Gasteiger partial charge in [-0.05, 0) is 12.5 Å². The number of nitrogens with zero attached hydrogens (tertiary/aromatic N) is 1. The number of halogens is 1. The molecule has 1 atom stereocenters. The summed E-state index contributed by atoms with van der Waals surface area (Å²) in [7, 11) is 0. The SMILES string of the molecule is O=C1OC2=CC=CCC2N=C1CBr. The summed E-state index contributed by atoms with van der Waals surface area (Å²) in [6.07, 6.45) is 6.51. The predicted octanol–water partition coefficient (Wildman–Crippen LogP) is 1.59. The fourth-order valence-electron chi connectivity index (χ4n) is 1.31. The summed E-state index contributed by atoms with van der Waals surface area (Å²) in [5, 5.41) is 0.458. The molecule has 0 amide bonds. The lowest BCUT2D eigenvalue weighted by Gasteiger charge is -2.22. The Morgan fingerprint density at radius 3 is 3.31 bits per heavy atom. The molecule has 3 nitrogen and oxygen atoms in total. The maximum atomic E-state index is 11.2. The zero-order valence-electron chi connectivity index (χ0n) is 6.87. The molecule has 0 fully saturated rings. The average Bonchev–Trinajstić information content (AvgIpc) is 2.17. The van der Waals surface area contributed by atoms with Crippen LogP contribution in [0.4, 0.5) is 0 Å². The van der Waals surface area contributed by atoms with Gasteiger partial charge in [0.25, 0.3) is 0 Å². The number of aliphatic imine (C=N–C) groups is 1. The Kier molecular flexibility index (Phi) is 2.31. The van der Waals surface area contributed by atoms with E-state index < -0.39 is 0 Å². The Balaban J connectivity index is 2.31. The minimum atomic E-state index is -0.338. The molecule has 0 radical (unpaired) electrons. The number of hydrogen-bond acceptors (Lipinski definition) is 3. The van der Waals surface area contributed by atoms with Gasteiger partial charge in [0.2, 0.25) is 0 Å². The highest BCUT2D eigenvalue weighted by atomic mass is 79.9. The molecule has 0 spiro atoms. The minimum absolute atomic E-state index is 0.00949. The molecule has 2 aliphatic rings. The van der Waals surface area contributed by atoms with Crippen LogP contribution < -0.4 is 0 Å². The predicted molar refractivity (Wildman–Crippen MR) is 52.9 cm³/mol. The van der Waals surface area contributed by atoms with Crippen LogP contribution in [0.3, 0.4) is 0 Å². The van der Waals surface area contributed by atoms with Gasteiger partial charge in [0.05, 0.1) is 5.33 Å². The number of allylic oxidation sites excluding steroid dienone is 2. The van der Waals surface area contributed by atoms with Crippen LogP contribution in [0, 0.1) is 0 Å². The fourth-order valence-corrected chi connectivity index (χ4v) is 1.69. The summed E-state index contributed by atoms with van der Waals surface area (Å²) < 4.78 is 5.10. The van der Waals surface area contributed by atoms with Crippen LogP contribution in [-0.2, 0) is 9.53 Å². The van der Waals surface area contributed by atoms with Gasteiger partial charge < -0.3 is 4.74 Å². The van der Waals surface area contributed by atoms with Crippen LogP contribution in [0.1, 0.15) is 6.42 Å². The van der Waals surface area contributed by atoms with E-state index in [1.807, 2.05) is 12.2 Å². The van der Waals surface area contributed by atoms with Crippen molar-refractivity contribution in [2.45, 2.75) is 12.5 Å². The maximum absolute atomic E-state index is 11.2. The van der Waals surface area contributed by atoms with Crippen molar-refractivity contribution in [3.63, 3.8) is 0 Å². The maximum Gasteiger partial charge on any atom is 0.358 e. The third-order valence-corrected chi connectivity index (χ3v) is 2.50. The summed E-state index contributed by atoms with van der Waals surface area (Å²) in [5.41, 5.74) is 0.470. The molecule has 13 heavy (non-hydrogen) atoms. The summed E-state index contributed by atoms with van der Waals surface area (Å²) in [6.45, 7) is 0. The second-order valence-corrected chi connectivity index (χ2v) is 3.41. The van der Waals surface area contributed by atoms with E-state index in [4.69, 9.17) is 4.74 Å². The van der Waals surface area contributed by atoms with Crippen molar-refractivity contribution in [2.75, 3.05) is 5.33 Å². The number of ether oxygens (including phenoxy) is 1. The molecule has 1 heterocycles. The van der Waals surface area contributed by atoms with Gasteiger partial charge in [0, 0.05) is 0 Å². The summed E-state index contributed by atoms with van der Waals surface area (Å²) in [4.78, 5) is 15.5. The molecular weight excluding hydrogens is 234 g/mol. The van der Waals surface area contributed by atoms with Crippen molar-refractivity contribution in [2.24, 2.45) is 4.99 Å². The number of rotatable bonds is 1. The van der Waals surface area contributed by atoms with Gasteiger partial charge in [-0.3, -0.25) is 4.99 Å². The van der Waals surface area contributed by atoms with E-state index in [0.717, 1.165) is 6.42 Å². The molecule has 0 aromatic heterocycles. The van der Waals surface area contributed by atoms with Gasteiger partial charge >= 0.3 is 5.97 Å². The van der Waals surface area contributed by atoms with Crippen LogP contribution in [0.15, 0.2) is 29.0 Å². The van der Waals surface area contributed by atoms with Crippen LogP contribution in [0.25, 0.3) is 0 Å². The fraction of sp³-hybridized carbons (Fsp3) is 0.333. The van der Waals surface area contributed by atoms with E-state index in [2.05, 4.69) is 20.9 Å². The van der Waals surface area contributed by atoms with Crippen LogP contribution in [0.5, 0.6) is 0 Å². The van der Waals surface area contributed by atoms with Crippen molar-refractivity contribution in [1.82, 2.24) is 0 Å². The van der Waals surface area contributed by atoms with Gasteiger partial charge in [-0.1, -0.05) is 28.1 Å². The molecule has 0 N–H and O–H groups in total. The van der Waals surface area contributed by atoms with Gasteiger partial charge in [-0.15, -0.1) is 0 Å². The standard InChI is InChI=1S/C9H8BrNO2/c10-5-7-9(12)13-8-4-2-1-3-6(8)11-7/h1-2,4,6H,3,5H2. The normalized spacial score (nSPS) is 25.9. The number of alkyl halides is 1. The molecule has 68 valence electrons. The third-order valence-electron chi connectivity index (χ3n) is 1.97. The Morgan fingerprint density at radius 1 is 1.69 bits per heavy atom. The molecular formula is C9H8BrNO2. The van der Waals surface area contributed by atoms with Gasteiger partial charge in [-0.2, -0.15) is 0 Å². The number of carbonyl (C=O) groups is 1. The summed E-state index contributed by atoms with van der Waals surface area (Å²) in [5.74, 6) is 0.326. The lowest BCUT2D eigenvalue weighted by molar-refractivity contribution is -0.132. The van der Waals surface area contributed by atoms with E-state index in [1.54, 1.807) is 6.08 Å². The van der Waals surface area contributed by atoms with Crippen molar-refractivity contribution < 1.29 is 9.53 Å².